The van der Waals surface area contributed by atoms with Crippen LogP contribution in [0.4, 0.5) is 15.9 Å². The molecular formula is C16H16ClFN4O4S. The van der Waals surface area contributed by atoms with Crippen molar-refractivity contribution in [1.82, 2.24) is 9.29 Å². The van der Waals surface area contributed by atoms with Crippen LogP contribution in [-0.2, 0) is 10.0 Å². The van der Waals surface area contributed by atoms with Crippen LogP contribution in [0.2, 0.25) is 5.02 Å². The Bertz CT molecular complexity index is 994. The molecule has 0 amide bonds. The molecule has 0 unspecified atom stereocenters. The van der Waals surface area contributed by atoms with Gasteiger partial charge in [-0.15, -0.1) is 0 Å². The number of halogens is 2. The van der Waals surface area contributed by atoms with Gasteiger partial charge in [-0.2, -0.15) is 4.31 Å². The van der Waals surface area contributed by atoms with Crippen molar-refractivity contribution >= 4 is 33.1 Å². The number of pyridine rings is 1. The number of hydrogen-bond donors (Lipinski definition) is 0. The number of sulfonamides is 1. The van der Waals surface area contributed by atoms with Crippen molar-refractivity contribution in [3.05, 3.63) is 57.0 Å². The van der Waals surface area contributed by atoms with Crippen molar-refractivity contribution in [2.45, 2.75) is 11.8 Å². The molecule has 11 heteroatoms. The van der Waals surface area contributed by atoms with Gasteiger partial charge in [0.2, 0.25) is 10.0 Å². The maximum absolute atomic E-state index is 13.3. The molecule has 0 radical (unpaired) electrons. The van der Waals surface area contributed by atoms with Crippen LogP contribution in [0.15, 0.2) is 35.4 Å². The molecular weight excluding hydrogens is 399 g/mol. The lowest BCUT2D eigenvalue weighted by Crippen LogP contribution is -2.49. The second kappa shape index (κ2) is 7.37. The van der Waals surface area contributed by atoms with E-state index in [-0.39, 0.29) is 28.7 Å². The molecule has 144 valence electrons. The van der Waals surface area contributed by atoms with E-state index in [0.717, 1.165) is 12.1 Å². The second-order valence-electron chi connectivity index (χ2n) is 6.06. The average molecular weight is 415 g/mol. The first-order chi connectivity index (χ1) is 12.7. The topological polar surface area (TPSA) is 96.7 Å². The van der Waals surface area contributed by atoms with Crippen LogP contribution in [0.5, 0.6) is 0 Å². The number of nitro groups is 1. The molecule has 0 spiro atoms. The summed E-state index contributed by atoms with van der Waals surface area (Å²) in [5.41, 5.74) is 0.552. The lowest BCUT2D eigenvalue weighted by Gasteiger charge is -2.35. The Morgan fingerprint density at radius 3 is 2.44 bits per heavy atom. The van der Waals surface area contributed by atoms with Crippen LogP contribution >= 0.6 is 11.6 Å². The quantitative estimate of drug-likeness (QED) is 0.563. The fraction of sp³-hybridized carbons (Fsp3) is 0.312. The molecule has 0 saturated carbocycles. The molecule has 0 bridgehead atoms. The number of aromatic nitrogens is 1. The Hall–Kier alpha value is -2.30. The third-order valence-corrected chi connectivity index (χ3v) is 6.50. The Labute approximate surface area is 160 Å². The second-order valence-corrected chi connectivity index (χ2v) is 8.40. The zero-order valence-corrected chi connectivity index (χ0v) is 15.9. The summed E-state index contributed by atoms with van der Waals surface area (Å²) in [5, 5.41) is 10.6. The number of hydrogen-bond acceptors (Lipinski definition) is 6. The largest absolute Gasteiger partial charge is 0.354 e. The number of piperazine rings is 1. The highest BCUT2D eigenvalue weighted by atomic mass is 35.5. The summed E-state index contributed by atoms with van der Waals surface area (Å²) in [6.07, 6.45) is 1.19. The highest BCUT2D eigenvalue weighted by molar-refractivity contribution is 7.89. The third-order valence-electron chi connectivity index (χ3n) is 4.31. The van der Waals surface area contributed by atoms with Crippen LogP contribution in [0, 0.1) is 22.9 Å². The van der Waals surface area contributed by atoms with Gasteiger partial charge in [-0.3, -0.25) is 10.1 Å². The minimum absolute atomic E-state index is 0.0630. The summed E-state index contributed by atoms with van der Waals surface area (Å²) in [7, 11) is -3.79. The van der Waals surface area contributed by atoms with Crippen molar-refractivity contribution in [2.24, 2.45) is 0 Å². The van der Waals surface area contributed by atoms with Gasteiger partial charge in [-0.25, -0.2) is 17.8 Å². The molecule has 2 heterocycles. The summed E-state index contributed by atoms with van der Waals surface area (Å²) in [4.78, 5) is 16.3. The number of nitrogens with zero attached hydrogens (tertiary/aromatic N) is 4. The SMILES string of the molecule is Cc1cc([N+](=O)[O-])cnc1N1CCN(S(=O)(=O)c2ccc(F)c(Cl)c2)CC1. The molecule has 3 rings (SSSR count). The molecule has 0 atom stereocenters. The summed E-state index contributed by atoms with van der Waals surface area (Å²) < 4.78 is 40.0. The monoisotopic (exact) mass is 414 g/mol. The zero-order chi connectivity index (χ0) is 19.8. The van der Waals surface area contributed by atoms with Gasteiger partial charge in [-0.05, 0) is 30.7 Å². The summed E-state index contributed by atoms with van der Waals surface area (Å²) in [5.74, 6) is -0.0948. The van der Waals surface area contributed by atoms with Gasteiger partial charge in [0, 0.05) is 32.2 Å². The van der Waals surface area contributed by atoms with E-state index < -0.39 is 20.8 Å². The normalized spacial score (nSPS) is 15.7. The fourth-order valence-corrected chi connectivity index (χ4v) is 4.60. The maximum atomic E-state index is 13.3. The Morgan fingerprint density at radius 2 is 1.89 bits per heavy atom. The Balaban J connectivity index is 1.75. The average Bonchev–Trinajstić information content (AvgIpc) is 2.64. The highest BCUT2D eigenvalue weighted by Crippen LogP contribution is 2.26. The lowest BCUT2D eigenvalue weighted by atomic mass is 10.2. The molecule has 1 fully saturated rings. The maximum Gasteiger partial charge on any atom is 0.287 e. The third kappa shape index (κ3) is 3.87. The fourth-order valence-electron chi connectivity index (χ4n) is 2.91. The van der Waals surface area contributed by atoms with Crippen molar-refractivity contribution < 1.29 is 17.7 Å². The van der Waals surface area contributed by atoms with Crippen LogP contribution in [0.1, 0.15) is 5.56 Å². The molecule has 0 N–H and O–H groups in total. The molecule has 1 aliphatic heterocycles. The first-order valence-electron chi connectivity index (χ1n) is 8.01. The first-order valence-corrected chi connectivity index (χ1v) is 9.83. The van der Waals surface area contributed by atoms with Crippen molar-refractivity contribution in [2.75, 3.05) is 31.1 Å². The summed E-state index contributed by atoms with van der Waals surface area (Å²) in [6, 6.07) is 4.74. The van der Waals surface area contributed by atoms with Gasteiger partial charge in [0.1, 0.15) is 17.8 Å². The van der Waals surface area contributed by atoms with Crippen LogP contribution in [-0.4, -0.2) is 48.8 Å². The van der Waals surface area contributed by atoms with E-state index in [4.69, 9.17) is 11.6 Å². The Kier molecular flexibility index (Phi) is 5.31. The van der Waals surface area contributed by atoms with E-state index in [0.29, 0.717) is 24.5 Å². The Morgan fingerprint density at radius 1 is 1.22 bits per heavy atom. The van der Waals surface area contributed by atoms with Crippen LogP contribution in [0.25, 0.3) is 0 Å². The number of anilines is 1. The van der Waals surface area contributed by atoms with Gasteiger partial charge >= 0.3 is 0 Å². The standard InChI is InChI=1S/C16H16ClFN4O4S/c1-11-8-12(22(23)24)10-19-16(11)20-4-6-21(7-5-20)27(25,26)13-2-3-15(18)14(17)9-13/h2-3,8-10H,4-7H2,1H3. The molecule has 0 aliphatic carbocycles. The molecule has 1 aromatic carbocycles. The van der Waals surface area contributed by atoms with Gasteiger partial charge in [0.05, 0.1) is 14.8 Å². The molecule has 2 aromatic rings. The molecule has 1 aliphatic rings. The van der Waals surface area contributed by atoms with Crippen LogP contribution < -0.4 is 4.90 Å². The zero-order valence-electron chi connectivity index (χ0n) is 14.3. The van der Waals surface area contributed by atoms with Crippen LogP contribution in [0.3, 0.4) is 0 Å². The molecule has 8 nitrogen and oxygen atoms in total. The smallest absolute Gasteiger partial charge is 0.287 e. The minimum Gasteiger partial charge on any atom is -0.354 e. The van der Waals surface area contributed by atoms with E-state index in [2.05, 4.69) is 4.98 Å². The summed E-state index contributed by atoms with van der Waals surface area (Å²) >= 11 is 5.69. The van der Waals surface area contributed by atoms with Gasteiger partial charge in [0.25, 0.3) is 5.69 Å². The van der Waals surface area contributed by atoms with Crippen molar-refractivity contribution in [1.29, 1.82) is 0 Å². The van der Waals surface area contributed by atoms with Gasteiger partial charge in [-0.1, -0.05) is 11.6 Å². The van der Waals surface area contributed by atoms with E-state index in [1.54, 1.807) is 6.92 Å². The van der Waals surface area contributed by atoms with E-state index in [1.807, 2.05) is 4.90 Å². The highest BCUT2D eigenvalue weighted by Gasteiger charge is 2.30. The lowest BCUT2D eigenvalue weighted by molar-refractivity contribution is -0.385. The minimum atomic E-state index is -3.79. The molecule has 27 heavy (non-hydrogen) atoms. The number of rotatable bonds is 4. The van der Waals surface area contributed by atoms with Gasteiger partial charge in [0.15, 0.2) is 0 Å². The van der Waals surface area contributed by atoms with Gasteiger partial charge < -0.3 is 4.90 Å². The van der Waals surface area contributed by atoms with E-state index in [9.17, 15) is 22.9 Å². The van der Waals surface area contributed by atoms with Crippen molar-refractivity contribution in [3.63, 3.8) is 0 Å². The molecule has 1 aromatic heterocycles. The first kappa shape index (κ1) is 19.5. The van der Waals surface area contributed by atoms with E-state index >= 15 is 0 Å². The predicted octanol–water partition coefficient (Wildman–Crippen LogP) is 2.60. The number of benzene rings is 1. The van der Waals surface area contributed by atoms with Crippen molar-refractivity contribution in [3.8, 4) is 0 Å². The summed E-state index contributed by atoms with van der Waals surface area (Å²) in [6.45, 7) is 2.88. The predicted molar refractivity (Wildman–Crippen MR) is 98.0 cm³/mol. The number of aryl methyl sites for hydroxylation is 1. The molecule has 1 saturated heterocycles. The van der Waals surface area contributed by atoms with E-state index in [1.165, 1.54) is 22.6 Å².